The molecule has 0 aliphatic heterocycles. The summed E-state index contributed by atoms with van der Waals surface area (Å²) >= 11 is 0. The molecule has 0 atom stereocenters. The lowest BCUT2D eigenvalue weighted by Crippen LogP contribution is -2.23. The molecule has 0 bridgehead atoms. The average Bonchev–Trinajstić information content (AvgIpc) is 2.45. The largest absolute Gasteiger partial charge is 0.472 e. The molecule has 0 spiro atoms. The van der Waals surface area contributed by atoms with Crippen molar-refractivity contribution in [3.05, 3.63) is 25.3 Å². The van der Waals surface area contributed by atoms with Gasteiger partial charge in [0.05, 0.1) is 13.2 Å². The topological polar surface area (TPSA) is 114 Å². The summed E-state index contributed by atoms with van der Waals surface area (Å²) in [4.78, 5) is 30.9. The predicted molar refractivity (Wildman–Crippen MR) is 77.4 cm³/mol. The molecule has 0 aliphatic rings. The van der Waals surface area contributed by atoms with E-state index in [1.54, 1.807) is 0 Å². The van der Waals surface area contributed by atoms with Gasteiger partial charge in [0.25, 0.3) is 0 Å². The van der Waals surface area contributed by atoms with E-state index in [-0.39, 0.29) is 25.0 Å². The summed E-state index contributed by atoms with van der Waals surface area (Å²) in [6, 6.07) is 0. The van der Waals surface area contributed by atoms with Crippen molar-refractivity contribution in [2.75, 3.05) is 26.3 Å². The van der Waals surface area contributed by atoms with Gasteiger partial charge in [-0.05, 0) is 25.0 Å². The van der Waals surface area contributed by atoms with Crippen LogP contribution in [0.5, 0.6) is 0 Å². The van der Waals surface area contributed by atoms with Crippen molar-refractivity contribution >= 4 is 19.6 Å². The number of hydrogen-bond acceptors (Lipinski definition) is 5. The molecule has 2 amide bonds. The van der Waals surface area contributed by atoms with Gasteiger partial charge in [-0.1, -0.05) is 13.2 Å². The lowest BCUT2D eigenvalue weighted by molar-refractivity contribution is -0.117. The number of phosphoric acid groups is 1. The first-order valence-corrected chi connectivity index (χ1v) is 7.83. The summed E-state index contributed by atoms with van der Waals surface area (Å²) in [7, 11) is -4.10. The Morgan fingerprint density at radius 3 is 1.71 bits per heavy atom. The molecule has 0 aromatic heterocycles. The molecular formula is C12H21N2O6P. The molecule has 0 heterocycles. The molecule has 0 aromatic rings. The van der Waals surface area contributed by atoms with Gasteiger partial charge < -0.3 is 15.5 Å². The van der Waals surface area contributed by atoms with Crippen molar-refractivity contribution in [1.29, 1.82) is 0 Å². The van der Waals surface area contributed by atoms with Gasteiger partial charge in [-0.15, -0.1) is 0 Å². The maximum absolute atomic E-state index is 11.4. The first-order chi connectivity index (χ1) is 9.91. The zero-order chi connectivity index (χ0) is 16.1. The van der Waals surface area contributed by atoms with Crippen LogP contribution < -0.4 is 10.6 Å². The smallest absolute Gasteiger partial charge is 0.352 e. The van der Waals surface area contributed by atoms with Crippen LogP contribution in [-0.4, -0.2) is 43.0 Å². The third-order valence-electron chi connectivity index (χ3n) is 2.12. The zero-order valence-electron chi connectivity index (χ0n) is 11.7. The molecular weight excluding hydrogens is 299 g/mol. The second-order valence-corrected chi connectivity index (χ2v) is 5.29. The summed E-state index contributed by atoms with van der Waals surface area (Å²) in [5.41, 5.74) is 0. The fraction of sp³-hybridized carbons (Fsp3) is 0.500. The van der Waals surface area contributed by atoms with E-state index in [1.165, 1.54) is 0 Å². The molecule has 0 aromatic carbocycles. The van der Waals surface area contributed by atoms with Gasteiger partial charge in [0.15, 0.2) is 0 Å². The predicted octanol–water partition coefficient (Wildman–Crippen LogP) is 0.505. The van der Waals surface area contributed by atoms with Crippen molar-refractivity contribution in [3.8, 4) is 0 Å². The van der Waals surface area contributed by atoms with Gasteiger partial charge in [-0.2, -0.15) is 0 Å². The summed E-state index contributed by atoms with van der Waals surface area (Å²) in [5, 5.41) is 4.99. The second-order valence-electron chi connectivity index (χ2n) is 3.83. The molecule has 0 unspecified atom stereocenters. The number of carbonyl (C=O) groups is 2. The number of nitrogens with one attached hydrogen (secondary N) is 2. The molecule has 0 radical (unpaired) electrons. The Hall–Kier alpha value is -1.47. The maximum atomic E-state index is 11.4. The normalized spacial score (nSPS) is 10.7. The Bertz CT molecular complexity index is 379. The monoisotopic (exact) mass is 320 g/mol. The first-order valence-electron chi connectivity index (χ1n) is 6.33. The second kappa shape index (κ2) is 11.2. The number of phosphoric ester groups is 1. The van der Waals surface area contributed by atoms with Crippen LogP contribution in [0.15, 0.2) is 25.3 Å². The average molecular weight is 320 g/mol. The minimum absolute atomic E-state index is 0.0294. The van der Waals surface area contributed by atoms with E-state index in [0.29, 0.717) is 25.9 Å². The van der Waals surface area contributed by atoms with Gasteiger partial charge in [-0.3, -0.25) is 18.6 Å². The van der Waals surface area contributed by atoms with E-state index < -0.39 is 7.82 Å². The quantitative estimate of drug-likeness (QED) is 0.274. The van der Waals surface area contributed by atoms with Crippen LogP contribution in [0.3, 0.4) is 0 Å². The van der Waals surface area contributed by atoms with Crippen LogP contribution >= 0.6 is 7.82 Å². The molecule has 0 fully saturated rings. The van der Waals surface area contributed by atoms with Crippen molar-refractivity contribution < 1.29 is 28.1 Å². The van der Waals surface area contributed by atoms with Crippen molar-refractivity contribution in [2.45, 2.75) is 12.8 Å². The number of rotatable bonds is 12. The van der Waals surface area contributed by atoms with Gasteiger partial charge in [0.1, 0.15) is 0 Å². The highest BCUT2D eigenvalue weighted by Crippen LogP contribution is 2.43. The fourth-order valence-corrected chi connectivity index (χ4v) is 1.90. The van der Waals surface area contributed by atoms with Crippen LogP contribution in [0.25, 0.3) is 0 Å². The standard InChI is InChI=1S/C12H21N2O6P/c1-3-11(15)13-7-5-9-19-21(17,18)20-10-6-8-14-12(16)4-2/h3-4H,1-2,5-10H2,(H,13,15)(H,14,16)(H,17,18). The summed E-state index contributed by atoms with van der Waals surface area (Å²) in [6.07, 6.45) is 2.99. The lowest BCUT2D eigenvalue weighted by atomic mass is 10.4. The molecule has 3 N–H and O–H groups in total. The lowest BCUT2D eigenvalue weighted by Gasteiger charge is -2.12. The Kier molecular flexibility index (Phi) is 10.4. The Labute approximate surface area is 123 Å². The van der Waals surface area contributed by atoms with E-state index in [0.717, 1.165) is 12.2 Å². The van der Waals surface area contributed by atoms with Crippen LogP contribution in [-0.2, 0) is 23.2 Å². The van der Waals surface area contributed by atoms with Crippen molar-refractivity contribution in [1.82, 2.24) is 10.6 Å². The highest BCUT2D eigenvalue weighted by molar-refractivity contribution is 7.47. The summed E-state index contributed by atoms with van der Waals surface area (Å²) < 4.78 is 20.8. The van der Waals surface area contributed by atoms with E-state index in [1.807, 2.05) is 0 Å². The minimum Gasteiger partial charge on any atom is -0.352 e. The highest BCUT2D eigenvalue weighted by atomic mass is 31.2. The van der Waals surface area contributed by atoms with E-state index in [4.69, 9.17) is 9.05 Å². The molecule has 21 heavy (non-hydrogen) atoms. The van der Waals surface area contributed by atoms with E-state index in [2.05, 4.69) is 23.8 Å². The van der Waals surface area contributed by atoms with Crippen molar-refractivity contribution in [2.24, 2.45) is 0 Å². The Morgan fingerprint density at radius 2 is 1.38 bits per heavy atom. The Morgan fingerprint density at radius 1 is 1.00 bits per heavy atom. The molecule has 0 saturated heterocycles. The van der Waals surface area contributed by atoms with Gasteiger partial charge in [-0.25, -0.2) is 4.57 Å². The van der Waals surface area contributed by atoms with Gasteiger partial charge >= 0.3 is 7.82 Å². The number of hydrogen-bond donors (Lipinski definition) is 3. The number of carbonyl (C=O) groups excluding carboxylic acids is 2. The van der Waals surface area contributed by atoms with Crippen LogP contribution in [0.1, 0.15) is 12.8 Å². The summed E-state index contributed by atoms with van der Waals surface area (Å²) in [5.74, 6) is -0.639. The zero-order valence-corrected chi connectivity index (χ0v) is 12.6. The minimum atomic E-state index is -4.10. The van der Waals surface area contributed by atoms with Crippen LogP contribution in [0, 0.1) is 0 Å². The molecule has 0 aliphatic carbocycles. The SMILES string of the molecule is C=CC(=O)NCCCOP(=O)(O)OCCCNC(=O)C=C. The molecule has 0 rings (SSSR count). The third kappa shape index (κ3) is 12.0. The highest BCUT2D eigenvalue weighted by Gasteiger charge is 2.20. The Balaban J connectivity index is 3.62. The molecule has 120 valence electrons. The van der Waals surface area contributed by atoms with E-state index in [9.17, 15) is 19.0 Å². The molecule has 8 nitrogen and oxygen atoms in total. The van der Waals surface area contributed by atoms with Gasteiger partial charge in [0.2, 0.25) is 11.8 Å². The van der Waals surface area contributed by atoms with Crippen molar-refractivity contribution in [3.63, 3.8) is 0 Å². The molecule has 9 heteroatoms. The maximum Gasteiger partial charge on any atom is 0.472 e. The number of amides is 2. The molecule has 0 saturated carbocycles. The van der Waals surface area contributed by atoms with E-state index >= 15 is 0 Å². The third-order valence-corrected chi connectivity index (χ3v) is 3.14. The van der Waals surface area contributed by atoms with Crippen LogP contribution in [0.4, 0.5) is 0 Å². The first kappa shape index (κ1) is 19.5. The summed E-state index contributed by atoms with van der Waals surface area (Å²) in [6.45, 7) is 7.12. The fourth-order valence-electron chi connectivity index (χ4n) is 1.11. The van der Waals surface area contributed by atoms with Gasteiger partial charge in [0, 0.05) is 13.1 Å². The van der Waals surface area contributed by atoms with Crippen LogP contribution in [0.2, 0.25) is 0 Å².